The van der Waals surface area contributed by atoms with Crippen molar-refractivity contribution in [3.05, 3.63) is 24.0 Å². The Morgan fingerprint density at radius 3 is 2.44 bits per heavy atom. The van der Waals surface area contributed by atoms with E-state index in [-0.39, 0.29) is 6.04 Å². The molecule has 2 fully saturated rings. The number of alkyl halides is 3. The molecule has 0 bridgehead atoms. The smallest absolute Gasteiger partial charge is 0.396 e. The molecule has 8 heteroatoms. The SMILES string of the molecule is CC1(C(F)(F)F)CN(C(=O)c2cccn2C2CCCC2)CC1C(=O)O. The van der Waals surface area contributed by atoms with Gasteiger partial charge in [-0.15, -0.1) is 0 Å². The molecule has 1 aromatic heterocycles. The van der Waals surface area contributed by atoms with Crippen molar-refractivity contribution in [3.63, 3.8) is 0 Å². The maximum atomic E-state index is 13.5. The van der Waals surface area contributed by atoms with E-state index in [1.54, 1.807) is 18.3 Å². The van der Waals surface area contributed by atoms with Crippen molar-refractivity contribution in [1.29, 1.82) is 0 Å². The summed E-state index contributed by atoms with van der Waals surface area (Å²) in [6, 6.07) is 3.49. The normalized spacial score (nSPS) is 27.8. The Kier molecular flexibility index (Phi) is 4.33. The molecule has 1 aliphatic carbocycles. The molecule has 1 N–H and O–H groups in total. The van der Waals surface area contributed by atoms with Crippen LogP contribution in [-0.4, -0.2) is 45.7 Å². The largest absolute Gasteiger partial charge is 0.481 e. The number of carbonyl (C=O) groups is 2. The van der Waals surface area contributed by atoms with Crippen molar-refractivity contribution in [2.75, 3.05) is 13.1 Å². The van der Waals surface area contributed by atoms with Crippen LogP contribution >= 0.6 is 0 Å². The topological polar surface area (TPSA) is 62.5 Å². The number of aliphatic carboxylic acids is 1. The average Bonchev–Trinajstić information content (AvgIpc) is 3.24. The summed E-state index contributed by atoms with van der Waals surface area (Å²) in [4.78, 5) is 25.2. The predicted molar refractivity (Wildman–Crippen MR) is 83.1 cm³/mol. The van der Waals surface area contributed by atoms with Crippen molar-refractivity contribution in [3.8, 4) is 0 Å². The second-order valence-corrected chi connectivity index (χ2v) is 7.23. The minimum absolute atomic E-state index is 0.181. The Bertz CT molecular complexity index is 679. The Labute approximate surface area is 143 Å². The van der Waals surface area contributed by atoms with E-state index >= 15 is 0 Å². The van der Waals surface area contributed by atoms with Gasteiger partial charge in [-0.05, 0) is 31.9 Å². The van der Waals surface area contributed by atoms with E-state index in [1.807, 2.05) is 4.57 Å². The van der Waals surface area contributed by atoms with Crippen molar-refractivity contribution >= 4 is 11.9 Å². The van der Waals surface area contributed by atoms with E-state index in [0.717, 1.165) is 37.5 Å². The molecule has 25 heavy (non-hydrogen) atoms. The number of carboxylic acids is 1. The van der Waals surface area contributed by atoms with Gasteiger partial charge in [0.25, 0.3) is 5.91 Å². The van der Waals surface area contributed by atoms with Gasteiger partial charge in [0.15, 0.2) is 0 Å². The van der Waals surface area contributed by atoms with Crippen molar-refractivity contribution in [2.45, 2.75) is 44.8 Å². The van der Waals surface area contributed by atoms with Crippen LogP contribution in [0.4, 0.5) is 13.2 Å². The minimum atomic E-state index is -4.70. The first-order chi connectivity index (χ1) is 11.6. The second-order valence-electron chi connectivity index (χ2n) is 7.23. The van der Waals surface area contributed by atoms with Crippen LogP contribution in [0.3, 0.4) is 0 Å². The summed E-state index contributed by atoms with van der Waals surface area (Å²) in [5.41, 5.74) is -2.11. The van der Waals surface area contributed by atoms with Crippen LogP contribution in [0.25, 0.3) is 0 Å². The number of carboxylic acid groups (broad SMARTS) is 1. The summed E-state index contributed by atoms with van der Waals surface area (Å²) < 4.78 is 42.2. The lowest BCUT2D eigenvalue weighted by Crippen LogP contribution is -2.45. The molecule has 1 aliphatic heterocycles. The molecule has 0 radical (unpaired) electrons. The number of amides is 1. The van der Waals surface area contributed by atoms with Crippen LogP contribution in [0.1, 0.15) is 49.1 Å². The third-order valence-corrected chi connectivity index (χ3v) is 5.64. The number of rotatable bonds is 3. The highest BCUT2D eigenvalue weighted by Gasteiger charge is 2.63. The van der Waals surface area contributed by atoms with Gasteiger partial charge in [-0.25, -0.2) is 0 Å². The lowest BCUT2D eigenvalue weighted by molar-refractivity contribution is -0.228. The van der Waals surface area contributed by atoms with Gasteiger partial charge < -0.3 is 14.6 Å². The monoisotopic (exact) mass is 358 g/mol. The minimum Gasteiger partial charge on any atom is -0.481 e. The van der Waals surface area contributed by atoms with Crippen LogP contribution < -0.4 is 0 Å². The van der Waals surface area contributed by atoms with Crippen LogP contribution in [0, 0.1) is 11.3 Å². The molecular formula is C17H21F3N2O3. The zero-order valence-corrected chi connectivity index (χ0v) is 13.9. The zero-order chi connectivity index (χ0) is 18.4. The quantitative estimate of drug-likeness (QED) is 0.902. The Balaban J connectivity index is 1.87. The molecule has 2 unspecified atom stereocenters. The van der Waals surface area contributed by atoms with E-state index in [2.05, 4.69) is 0 Å². The molecule has 1 amide bonds. The molecule has 3 rings (SSSR count). The summed E-state index contributed by atoms with van der Waals surface area (Å²) in [7, 11) is 0. The highest BCUT2D eigenvalue weighted by atomic mass is 19.4. The van der Waals surface area contributed by atoms with Gasteiger partial charge >= 0.3 is 12.1 Å². The highest BCUT2D eigenvalue weighted by molar-refractivity contribution is 5.93. The first-order valence-corrected chi connectivity index (χ1v) is 8.41. The molecule has 0 spiro atoms. The molecule has 2 heterocycles. The summed E-state index contributed by atoms with van der Waals surface area (Å²) in [6.07, 6.45) is 1.08. The predicted octanol–water partition coefficient (Wildman–Crippen LogP) is 3.33. The van der Waals surface area contributed by atoms with Crippen molar-refractivity contribution < 1.29 is 27.9 Å². The van der Waals surface area contributed by atoms with Crippen LogP contribution in [0.5, 0.6) is 0 Å². The fourth-order valence-electron chi connectivity index (χ4n) is 4.02. The van der Waals surface area contributed by atoms with E-state index in [9.17, 15) is 27.9 Å². The maximum Gasteiger partial charge on any atom is 0.396 e. The lowest BCUT2D eigenvalue weighted by Gasteiger charge is -2.30. The van der Waals surface area contributed by atoms with Crippen LogP contribution in [0.2, 0.25) is 0 Å². The molecule has 5 nitrogen and oxygen atoms in total. The molecule has 1 saturated carbocycles. The fraction of sp³-hybridized carbons (Fsp3) is 0.647. The van der Waals surface area contributed by atoms with Crippen molar-refractivity contribution in [2.24, 2.45) is 11.3 Å². The van der Waals surface area contributed by atoms with Crippen LogP contribution in [0.15, 0.2) is 18.3 Å². The van der Waals surface area contributed by atoms with E-state index in [4.69, 9.17) is 0 Å². The van der Waals surface area contributed by atoms with E-state index in [0.29, 0.717) is 5.69 Å². The molecule has 2 aliphatic rings. The lowest BCUT2D eigenvalue weighted by atomic mass is 9.79. The standard InChI is InChI=1S/C17H21F3N2O3/c1-16(17(18,19)20)10-21(9-12(16)15(24)25)14(23)13-7-4-8-22(13)11-5-2-3-6-11/h4,7-8,11-12H,2-3,5-6,9-10H2,1H3,(H,24,25). The number of nitrogens with zero attached hydrogens (tertiary/aromatic N) is 2. The van der Waals surface area contributed by atoms with Crippen LogP contribution in [-0.2, 0) is 4.79 Å². The van der Waals surface area contributed by atoms with Gasteiger partial charge in [-0.3, -0.25) is 9.59 Å². The Hall–Kier alpha value is -1.99. The highest BCUT2D eigenvalue weighted by Crippen LogP contribution is 2.49. The first-order valence-electron chi connectivity index (χ1n) is 8.41. The Morgan fingerprint density at radius 2 is 1.92 bits per heavy atom. The number of hydrogen-bond donors (Lipinski definition) is 1. The molecule has 1 saturated heterocycles. The van der Waals surface area contributed by atoms with Gasteiger partial charge in [0.2, 0.25) is 0 Å². The van der Waals surface area contributed by atoms with Gasteiger partial charge in [0.05, 0.1) is 11.3 Å². The van der Waals surface area contributed by atoms with E-state index < -0.39 is 42.5 Å². The summed E-state index contributed by atoms with van der Waals surface area (Å²) in [6.45, 7) is -0.183. The number of carbonyl (C=O) groups excluding carboxylic acids is 1. The molecule has 1 aromatic rings. The fourth-order valence-corrected chi connectivity index (χ4v) is 4.02. The van der Waals surface area contributed by atoms with Gasteiger partial charge in [0.1, 0.15) is 5.69 Å². The number of likely N-dealkylation sites (tertiary alicyclic amines) is 1. The Morgan fingerprint density at radius 1 is 1.28 bits per heavy atom. The second kappa shape index (κ2) is 6.07. The average molecular weight is 358 g/mol. The first kappa shape index (κ1) is 17.8. The molecule has 2 atom stereocenters. The van der Waals surface area contributed by atoms with Gasteiger partial charge in [-0.1, -0.05) is 12.8 Å². The summed E-state index contributed by atoms with van der Waals surface area (Å²) in [5, 5.41) is 9.23. The summed E-state index contributed by atoms with van der Waals surface area (Å²) in [5.74, 6) is -3.72. The van der Waals surface area contributed by atoms with Crippen molar-refractivity contribution in [1.82, 2.24) is 9.47 Å². The molecule has 138 valence electrons. The molecule has 0 aromatic carbocycles. The summed E-state index contributed by atoms with van der Waals surface area (Å²) >= 11 is 0. The third-order valence-electron chi connectivity index (χ3n) is 5.64. The maximum absolute atomic E-state index is 13.5. The van der Waals surface area contributed by atoms with E-state index in [1.165, 1.54) is 0 Å². The number of halogens is 3. The zero-order valence-electron chi connectivity index (χ0n) is 13.9. The number of hydrogen-bond acceptors (Lipinski definition) is 2. The van der Waals surface area contributed by atoms with Gasteiger partial charge in [0, 0.05) is 25.3 Å². The molecular weight excluding hydrogens is 337 g/mol. The number of aromatic nitrogens is 1. The van der Waals surface area contributed by atoms with Gasteiger partial charge in [-0.2, -0.15) is 13.2 Å². The third kappa shape index (κ3) is 2.91.